The Morgan fingerprint density at radius 2 is 1.91 bits per heavy atom. The molecule has 1 aromatic heterocycles. The van der Waals surface area contributed by atoms with Crippen LogP contribution >= 0.6 is 12.2 Å². The summed E-state index contributed by atoms with van der Waals surface area (Å²) in [5.74, 6) is 0. The highest BCUT2D eigenvalue weighted by atomic mass is 32.2. The van der Waals surface area contributed by atoms with Gasteiger partial charge in [0, 0.05) is 48.5 Å². The van der Waals surface area contributed by atoms with Crippen molar-refractivity contribution in [2.24, 2.45) is 12.1 Å². The summed E-state index contributed by atoms with van der Waals surface area (Å²) in [6.45, 7) is 3.65. The van der Waals surface area contributed by atoms with Gasteiger partial charge >= 0.3 is 0 Å². The van der Waals surface area contributed by atoms with Crippen molar-refractivity contribution in [2.45, 2.75) is 18.2 Å². The van der Waals surface area contributed by atoms with E-state index in [2.05, 4.69) is 22.8 Å². The lowest BCUT2D eigenvalue weighted by Crippen LogP contribution is -2.40. The van der Waals surface area contributed by atoms with Crippen LogP contribution in [0.1, 0.15) is 18.1 Å². The molecule has 0 saturated carbocycles. The number of nitrogens with zero attached hydrogens (tertiary/aromatic N) is 3. The smallest absolute Gasteiger partial charge is 0.243 e. The molecule has 174 valence electrons. The first-order chi connectivity index (χ1) is 15.9. The van der Waals surface area contributed by atoms with Gasteiger partial charge in [-0.2, -0.15) is 9.41 Å². The Hall–Kier alpha value is -2.79. The highest BCUT2D eigenvalue weighted by Gasteiger charge is 2.26. The highest BCUT2D eigenvalue weighted by Crippen LogP contribution is 2.25. The maximum absolute atomic E-state index is 13.1. The lowest BCUT2D eigenvalue weighted by atomic mass is 10.1. The molecule has 1 aliphatic heterocycles. The second kappa shape index (κ2) is 10.0. The second-order valence-corrected chi connectivity index (χ2v) is 10.1. The Bertz CT molecular complexity index is 1280. The zero-order valence-electron chi connectivity index (χ0n) is 18.6. The van der Waals surface area contributed by atoms with E-state index in [4.69, 9.17) is 17.0 Å². The van der Waals surface area contributed by atoms with E-state index in [-0.39, 0.29) is 4.90 Å². The Morgan fingerprint density at radius 3 is 2.61 bits per heavy atom. The Morgan fingerprint density at radius 1 is 1.18 bits per heavy atom. The van der Waals surface area contributed by atoms with Crippen LogP contribution in [0, 0.1) is 0 Å². The van der Waals surface area contributed by atoms with E-state index >= 15 is 0 Å². The summed E-state index contributed by atoms with van der Waals surface area (Å²) >= 11 is 5.32. The molecule has 2 N–H and O–H groups in total. The lowest BCUT2D eigenvalue weighted by molar-refractivity contribution is 0.0730. The van der Waals surface area contributed by atoms with E-state index in [0.717, 1.165) is 28.6 Å². The first-order valence-electron chi connectivity index (χ1n) is 10.7. The molecule has 0 atom stereocenters. The van der Waals surface area contributed by atoms with Gasteiger partial charge in [-0.3, -0.25) is 5.43 Å². The van der Waals surface area contributed by atoms with Crippen LogP contribution in [-0.4, -0.2) is 54.9 Å². The molecule has 0 amide bonds. The van der Waals surface area contributed by atoms with Crippen LogP contribution in [-0.2, 0) is 28.2 Å². The third-order valence-electron chi connectivity index (χ3n) is 5.59. The van der Waals surface area contributed by atoms with Crippen LogP contribution < -0.4 is 10.7 Å². The molecule has 8 nitrogen and oxygen atoms in total. The summed E-state index contributed by atoms with van der Waals surface area (Å²) in [5.41, 5.74) is 6.65. The molecule has 0 radical (unpaired) electrons. The van der Waals surface area contributed by atoms with Crippen LogP contribution in [0.4, 0.5) is 5.69 Å². The summed E-state index contributed by atoms with van der Waals surface area (Å²) in [6.07, 6.45) is 4.52. The van der Waals surface area contributed by atoms with Gasteiger partial charge in [0.15, 0.2) is 5.11 Å². The number of aromatic nitrogens is 1. The topological polar surface area (TPSA) is 88.0 Å². The van der Waals surface area contributed by atoms with Crippen LogP contribution in [0.25, 0.3) is 10.9 Å². The molecule has 10 heteroatoms. The summed E-state index contributed by atoms with van der Waals surface area (Å²) in [6, 6.07) is 13.2. The molecule has 3 aromatic rings. The molecule has 2 heterocycles. The number of sulfonamides is 1. The molecule has 33 heavy (non-hydrogen) atoms. The molecular formula is C23H27N5O3S2. The van der Waals surface area contributed by atoms with Gasteiger partial charge in [0.2, 0.25) is 10.0 Å². The fourth-order valence-corrected chi connectivity index (χ4v) is 5.35. The zero-order chi connectivity index (χ0) is 23.4. The molecule has 0 aliphatic carbocycles. The number of fused-ring (bicyclic) bond motifs is 1. The van der Waals surface area contributed by atoms with Crippen molar-refractivity contribution in [3.8, 4) is 0 Å². The van der Waals surface area contributed by atoms with Gasteiger partial charge in [0.1, 0.15) is 0 Å². The molecule has 1 fully saturated rings. The van der Waals surface area contributed by atoms with Crippen molar-refractivity contribution in [1.29, 1.82) is 0 Å². The van der Waals surface area contributed by atoms with E-state index < -0.39 is 10.0 Å². The maximum Gasteiger partial charge on any atom is 0.243 e. The normalized spacial score (nSPS) is 15.2. The van der Waals surface area contributed by atoms with Gasteiger partial charge in [0.25, 0.3) is 0 Å². The molecule has 0 bridgehead atoms. The monoisotopic (exact) mass is 485 g/mol. The summed E-state index contributed by atoms with van der Waals surface area (Å²) < 4.78 is 34.8. The molecule has 4 rings (SSSR count). The fraction of sp³-hybridized carbons (Fsp3) is 0.304. The van der Waals surface area contributed by atoms with Gasteiger partial charge < -0.3 is 14.6 Å². The van der Waals surface area contributed by atoms with Gasteiger partial charge in [-0.25, -0.2) is 8.42 Å². The lowest BCUT2D eigenvalue weighted by Gasteiger charge is -2.26. The van der Waals surface area contributed by atoms with E-state index in [1.807, 2.05) is 48.1 Å². The van der Waals surface area contributed by atoms with E-state index in [1.54, 1.807) is 18.3 Å². The number of morpholine rings is 1. The zero-order valence-corrected chi connectivity index (χ0v) is 20.2. The van der Waals surface area contributed by atoms with Crippen molar-refractivity contribution in [3.05, 3.63) is 59.8 Å². The standard InChI is InChI=1S/C23H27N5O3S2/c1-3-17-4-6-19(7-5-17)25-23(32)26-24-15-18-16-27(2)22-9-8-20(14-21(18)22)33(29,30)28-10-12-31-13-11-28/h4-9,14-16H,3,10-13H2,1-2H3,(H2,25,26,32)/b24-15+. The molecule has 2 aromatic carbocycles. The predicted molar refractivity (Wildman–Crippen MR) is 135 cm³/mol. The van der Waals surface area contributed by atoms with E-state index in [1.165, 1.54) is 9.87 Å². The third kappa shape index (κ3) is 5.25. The fourth-order valence-electron chi connectivity index (χ4n) is 3.74. The Labute approximate surface area is 199 Å². The minimum Gasteiger partial charge on any atom is -0.379 e. The number of anilines is 1. The summed E-state index contributed by atoms with van der Waals surface area (Å²) in [4.78, 5) is 0.262. The quantitative estimate of drug-likeness (QED) is 0.317. The molecular weight excluding hydrogens is 458 g/mol. The Balaban J connectivity index is 1.50. The maximum atomic E-state index is 13.1. The van der Waals surface area contributed by atoms with Crippen molar-refractivity contribution in [3.63, 3.8) is 0 Å². The number of ether oxygens (including phenoxy) is 1. The van der Waals surface area contributed by atoms with E-state index in [0.29, 0.717) is 31.4 Å². The number of aryl methyl sites for hydroxylation is 2. The number of rotatable bonds is 6. The minimum absolute atomic E-state index is 0.262. The third-order valence-corrected chi connectivity index (χ3v) is 7.68. The number of hydrogen-bond donors (Lipinski definition) is 2. The number of hydrazone groups is 1. The highest BCUT2D eigenvalue weighted by molar-refractivity contribution is 7.89. The average molecular weight is 486 g/mol. The van der Waals surface area contributed by atoms with Gasteiger partial charge in [0.05, 0.1) is 24.3 Å². The summed E-state index contributed by atoms with van der Waals surface area (Å²) in [5, 5.41) is 8.51. The van der Waals surface area contributed by atoms with Gasteiger partial charge in [-0.05, 0) is 54.5 Å². The minimum atomic E-state index is -3.58. The SMILES string of the molecule is CCc1ccc(NC(=S)N/N=C/c2cn(C)c3ccc(S(=O)(=O)N4CCOCC4)cc23)cc1. The van der Waals surface area contributed by atoms with Crippen LogP contribution in [0.3, 0.4) is 0 Å². The summed E-state index contributed by atoms with van der Waals surface area (Å²) in [7, 11) is -1.67. The number of hydrogen-bond acceptors (Lipinski definition) is 5. The van der Waals surface area contributed by atoms with Gasteiger partial charge in [-0.15, -0.1) is 0 Å². The molecule has 0 spiro atoms. The first-order valence-corrected chi connectivity index (χ1v) is 12.6. The van der Waals surface area contributed by atoms with Crippen molar-refractivity contribution in [2.75, 3.05) is 31.6 Å². The molecule has 1 saturated heterocycles. The Kier molecular flexibility index (Phi) is 7.08. The first kappa shape index (κ1) is 23.4. The van der Waals surface area contributed by atoms with E-state index in [9.17, 15) is 8.42 Å². The predicted octanol–water partition coefficient (Wildman–Crippen LogP) is 3.08. The van der Waals surface area contributed by atoms with Crippen molar-refractivity contribution < 1.29 is 13.2 Å². The van der Waals surface area contributed by atoms with Crippen LogP contribution in [0.15, 0.2) is 58.7 Å². The van der Waals surface area contributed by atoms with Crippen molar-refractivity contribution >= 4 is 50.2 Å². The molecule has 0 unspecified atom stereocenters. The molecule has 1 aliphatic rings. The number of nitrogens with one attached hydrogen (secondary N) is 2. The van der Waals surface area contributed by atoms with Gasteiger partial charge in [-0.1, -0.05) is 19.1 Å². The van der Waals surface area contributed by atoms with Crippen molar-refractivity contribution in [1.82, 2.24) is 14.3 Å². The van der Waals surface area contributed by atoms with Crippen LogP contribution in [0.2, 0.25) is 0 Å². The number of benzene rings is 2. The number of thiocarbonyl (C=S) groups is 1. The average Bonchev–Trinajstić information content (AvgIpc) is 3.15. The van der Waals surface area contributed by atoms with Crippen LogP contribution in [0.5, 0.6) is 0 Å². The second-order valence-electron chi connectivity index (χ2n) is 7.77. The largest absolute Gasteiger partial charge is 0.379 e.